The van der Waals surface area contributed by atoms with Gasteiger partial charge in [-0.2, -0.15) is 0 Å². The van der Waals surface area contributed by atoms with Crippen LogP contribution in [-0.4, -0.2) is 77.8 Å². The maximum Gasteiger partial charge on any atom is 0.475 e. The van der Waals surface area contributed by atoms with Crippen LogP contribution in [0.1, 0.15) is 41.5 Å². The van der Waals surface area contributed by atoms with E-state index in [2.05, 4.69) is 0 Å². The molecule has 1 heterocycles. The molecule has 1 N–H and O–H groups in total. The molecule has 0 amide bonds. The van der Waals surface area contributed by atoms with Crippen molar-refractivity contribution < 1.29 is 42.0 Å². The molecule has 0 aromatic rings. The van der Waals surface area contributed by atoms with Gasteiger partial charge in [-0.1, -0.05) is 77.8 Å². The number of halogens is 1. The van der Waals surface area contributed by atoms with Gasteiger partial charge in [0.15, 0.2) is 17.5 Å². The van der Waals surface area contributed by atoms with Gasteiger partial charge in [-0.05, 0) is 0 Å². The van der Waals surface area contributed by atoms with Crippen molar-refractivity contribution in [3.05, 3.63) is 0 Å². The average Bonchev–Trinajstić information content (AvgIpc) is 3.03. The highest BCUT2D eigenvalue weighted by Crippen LogP contribution is 2.54. The van der Waals surface area contributed by atoms with E-state index in [1.54, 1.807) is 48.4 Å². The number of carbonyl (C=O) groups is 2. The van der Waals surface area contributed by atoms with Crippen LogP contribution in [-0.2, 0) is 32.5 Å². The molecule has 0 unspecified atom stereocenters. The van der Waals surface area contributed by atoms with Gasteiger partial charge in [0.2, 0.25) is 5.67 Å². The van der Waals surface area contributed by atoms with Crippen LogP contribution in [0.25, 0.3) is 0 Å². The van der Waals surface area contributed by atoms with Crippen molar-refractivity contribution in [1.82, 2.24) is 0 Å². The highest BCUT2D eigenvalue weighted by atomic mass is 32.2. The first kappa shape index (κ1) is 32.7. The summed E-state index contributed by atoms with van der Waals surface area (Å²) in [5.41, 5.74) is -3.61. The summed E-state index contributed by atoms with van der Waals surface area (Å²) in [5, 5.41) is 9.52. The maximum atomic E-state index is 15.7. The van der Waals surface area contributed by atoms with Crippen molar-refractivity contribution in [2.24, 2.45) is 10.8 Å². The molecule has 0 aromatic carbocycles. The Kier molecular flexibility index (Phi) is 12.5. The quantitative estimate of drug-likeness (QED) is 0.166. The second-order valence-electron chi connectivity index (χ2n) is 10.1. The number of aliphatic hydroxyl groups excluding tert-OH is 1. The maximum absolute atomic E-state index is 15.7. The van der Waals surface area contributed by atoms with Gasteiger partial charge in [0.1, 0.15) is 12.2 Å². The van der Waals surface area contributed by atoms with Crippen molar-refractivity contribution in [2.75, 3.05) is 31.3 Å². The van der Waals surface area contributed by atoms with E-state index < -0.39 is 49.1 Å². The van der Waals surface area contributed by atoms with Crippen LogP contribution in [0, 0.1) is 23.2 Å². The van der Waals surface area contributed by atoms with Crippen LogP contribution in [0.5, 0.6) is 0 Å². The Hall–Kier alpha value is -0.375. The van der Waals surface area contributed by atoms with E-state index in [4.69, 9.17) is 24.7 Å². The normalized spacial score (nSPS) is 25.3. The summed E-state index contributed by atoms with van der Waals surface area (Å²) in [4.78, 5) is 24.2. The number of phosphoric acid groups is 1. The molecular formula is C22H37BFO8PS2. The number of hydrogen-bond donors (Lipinski definition) is 1. The van der Waals surface area contributed by atoms with Crippen LogP contribution in [0.2, 0.25) is 6.82 Å². The standard InChI is InChI=1S/C22H37BFO8PS2/c1-9-22(24)16(15(14-25)31-17(22)23-8)32-33(28,29-10-12-34-18(26)20(2,3)4)30-11-13-35-19(27)21(5,6)7/h1,15-17,23,25H,10-14H2,2-8H3/t15-,16-,17-,22-/m1/s1. The van der Waals surface area contributed by atoms with E-state index in [1.165, 1.54) is 0 Å². The summed E-state index contributed by atoms with van der Waals surface area (Å²) < 4.78 is 50.9. The number of hydrogen-bond acceptors (Lipinski definition) is 10. The zero-order valence-electron chi connectivity index (χ0n) is 21.5. The highest BCUT2D eigenvalue weighted by molar-refractivity contribution is 8.14. The fraction of sp³-hybridized carbons (Fsp3) is 0.818. The first-order valence-corrected chi connectivity index (χ1v) is 14.8. The third kappa shape index (κ3) is 9.46. The molecule has 1 rings (SSSR count). The molecule has 4 atom stereocenters. The lowest BCUT2D eigenvalue weighted by Crippen LogP contribution is -2.46. The van der Waals surface area contributed by atoms with Crippen LogP contribution < -0.4 is 0 Å². The van der Waals surface area contributed by atoms with Crippen LogP contribution in [0.4, 0.5) is 4.39 Å². The summed E-state index contributed by atoms with van der Waals surface area (Å²) in [7, 11) is -4.23. The zero-order valence-corrected chi connectivity index (χ0v) is 24.0. The molecule has 0 saturated carbocycles. The summed E-state index contributed by atoms with van der Waals surface area (Å²) in [6.07, 6.45) is 2.64. The molecule has 0 spiro atoms. The minimum atomic E-state index is -4.43. The fourth-order valence-corrected chi connectivity index (χ4v) is 6.13. The van der Waals surface area contributed by atoms with Crippen LogP contribution in [0.15, 0.2) is 0 Å². The fourth-order valence-electron chi connectivity index (χ4n) is 2.92. The summed E-state index contributed by atoms with van der Waals surface area (Å²) in [6.45, 7) is 11.3. The van der Waals surface area contributed by atoms with E-state index in [9.17, 15) is 19.3 Å². The van der Waals surface area contributed by atoms with E-state index in [0.717, 1.165) is 23.5 Å². The average molecular weight is 554 g/mol. The number of thioether (sulfide) groups is 2. The van der Waals surface area contributed by atoms with Gasteiger partial charge < -0.3 is 9.84 Å². The molecule has 0 aromatic heterocycles. The molecule has 35 heavy (non-hydrogen) atoms. The number of rotatable bonds is 12. The summed E-state index contributed by atoms with van der Waals surface area (Å²) >= 11 is 2.00. The predicted molar refractivity (Wildman–Crippen MR) is 140 cm³/mol. The number of carbonyl (C=O) groups excluding carboxylic acids is 2. The minimum absolute atomic E-state index is 0.0831. The Bertz CT molecular complexity index is 788. The van der Waals surface area contributed by atoms with E-state index in [1.807, 2.05) is 5.92 Å². The van der Waals surface area contributed by atoms with Crippen molar-refractivity contribution >= 4 is 48.9 Å². The molecule has 0 aliphatic carbocycles. The Labute approximate surface area is 217 Å². The van der Waals surface area contributed by atoms with Gasteiger partial charge in [-0.3, -0.25) is 23.2 Å². The molecule has 0 radical (unpaired) electrons. The Morgan fingerprint density at radius 1 is 1.11 bits per heavy atom. The number of ether oxygens (including phenoxy) is 1. The topological polar surface area (TPSA) is 108 Å². The van der Waals surface area contributed by atoms with Gasteiger partial charge >= 0.3 is 7.82 Å². The van der Waals surface area contributed by atoms with E-state index in [-0.39, 0.29) is 42.2 Å². The molecule has 1 saturated heterocycles. The molecule has 13 heteroatoms. The lowest BCUT2D eigenvalue weighted by molar-refractivity contribution is -0.118. The molecular weight excluding hydrogens is 517 g/mol. The van der Waals surface area contributed by atoms with Gasteiger partial charge in [0.25, 0.3) is 0 Å². The first-order chi connectivity index (χ1) is 16.0. The Morgan fingerprint density at radius 2 is 1.57 bits per heavy atom. The summed E-state index contributed by atoms with van der Waals surface area (Å²) in [5.74, 6) is 2.33. The predicted octanol–water partition coefficient (Wildman–Crippen LogP) is 3.67. The third-order valence-electron chi connectivity index (χ3n) is 4.93. The largest absolute Gasteiger partial charge is 0.475 e. The zero-order chi connectivity index (χ0) is 27.1. The van der Waals surface area contributed by atoms with Crippen molar-refractivity contribution in [1.29, 1.82) is 0 Å². The van der Waals surface area contributed by atoms with Gasteiger partial charge in [0, 0.05) is 22.3 Å². The smallest absolute Gasteiger partial charge is 0.394 e. The first-order valence-electron chi connectivity index (χ1n) is 11.4. The van der Waals surface area contributed by atoms with E-state index >= 15 is 4.39 Å². The van der Waals surface area contributed by atoms with Crippen molar-refractivity contribution in [3.8, 4) is 12.3 Å². The molecule has 0 bridgehead atoms. The van der Waals surface area contributed by atoms with Crippen molar-refractivity contribution in [3.63, 3.8) is 0 Å². The van der Waals surface area contributed by atoms with Crippen LogP contribution >= 0.6 is 31.3 Å². The molecule has 1 aliphatic heterocycles. The number of aliphatic hydroxyl groups is 1. The van der Waals surface area contributed by atoms with Gasteiger partial charge in [-0.15, -0.1) is 6.42 Å². The highest BCUT2D eigenvalue weighted by Gasteiger charge is 2.59. The SMILES string of the molecule is C#C[C@]1(F)[C@H](BC)O[C@H](CO)[C@H]1OP(=O)(OCCSC(=O)C(C)(C)C)OCCSC(=O)C(C)(C)C. The molecule has 1 aliphatic rings. The lowest BCUT2D eigenvalue weighted by atomic mass is 9.67. The molecule has 8 nitrogen and oxygen atoms in total. The Morgan fingerprint density at radius 3 is 1.91 bits per heavy atom. The van der Waals surface area contributed by atoms with Crippen LogP contribution in [0.3, 0.4) is 0 Å². The second kappa shape index (κ2) is 13.4. The monoisotopic (exact) mass is 554 g/mol. The number of alkyl halides is 1. The Balaban J connectivity index is 2.96. The van der Waals surface area contributed by atoms with Gasteiger partial charge in [-0.25, -0.2) is 8.96 Å². The second-order valence-corrected chi connectivity index (χ2v) is 13.8. The van der Waals surface area contributed by atoms with Crippen molar-refractivity contribution in [2.45, 2.75) is 72.2 Å². The molecule has 1 fully saturated rings. The minimum Gasteiger partial charge on any atom is -0.394 e. The van der Waals surface area contributed by atoms with E-state index in [0.29, 0.717) is 0 Å². The number of terminal acetylenes is 1. The number of phosphoric ester groups is 1. The lowest BCUT2D eigenvalue weighted by Gasteiger charge is -2.29. The van der Waals surface area contributed by atoms with Gasteiger partial charge in [0.05, 0.1) is 25.8 Å². The summed E-state index contributed by atoms with van der Waals surface area (Å²) in [6, 6.07) is -1.08. The third-order valence-corrected chi connectivity index (χ3v) is 8.90. The molecule has 200 valence electrons.